The number of pyridine rings is 1. The summed E-state index contributed by atoms with van der Waals surface area (Å²) in [5, 5.41) is 11.9. The third kappa shape index (κ3) is 3.56. The topological polar surface area (TPSA) is 72.3 Å². The van der Waals surface area contributed by atoms with Gasteiger partial charge in [0.05, 0.1) is 30.1 Å². The van der Waals surface area contributed by atoms with E-state index >= 15 is 0 Å². The van der Waals surface area contributed by atoms with Crippen LogP contribution in [-0.4, -0.2) is 36.6 Å². The molecule has 2 amide bonds. The molecule has 1 aliphatic rings. The molecule has 0 aliphatic carbocycles. The number of rotatable bonds is 3. The number of urea groups is 1. The van der Waals surface area contributed by atoms with Crippen molar-refractivity contribution < 1.29 is 4.79 Å². The molecule has 128 valence electrons. The largest absolute Gasteiger partial charge is 0.375 e. The van der Waals surface area contributed by atoms with E-state index in [1.165, 1.54) is 5.56 Å². The second kappa shape index (κ2) is 7.22. The summed E-state index contributed by atoms with van der Waals surface area (Å²) in [6, 6.07) is 9.89. The van der Waals surface area contributed by atoms with Gasteiger partial charge in [-0.25, -0.2) is 4.79 Å². The molecule has 6 nitrogen and oxygen atoms in total. The van der Waals surface area contributed by atoms with Gasteiger partial charge in [-0.3, -0.25) is 4.98 Å². The molecular formula is C19H21N5O. The van der Waals surface area contributed by atoms with Crippen LogP contribution in [-0.2, 0) is 19.4 Å². The fourth-order valence-corrected chi connectivity index (χ4v) is 3.16. The number of hydrogen-bond donors (Lipinski definition) is 1. The van der Waals surface area contributed by atoms with Crippen molar-refractivity contribution in [1.82, 2.24) is 9.88 Å². The van der Waals surface area contributed by atoms with Crippen LogP contribution in [0.5, 0.6) is 0 Å². The van der Waals surface area contributed by atoms with Crippen LogP contribution < -0.4 is 10.2 Å². The van der Waals surface area contributed by atoms with Gasteiger partial charge in [0, 0.05) is 33.4 Å². The van der Waals surface area contributed by atoms with E-state index in [1.807, 2.05) is 37.2 Å². The van der Waals surface area contributed by atoms with Crippen molar-refractivity contribution in [2.75, 3.05) is 30.9 Å². The molecule has 0 unspecified atom stereocenters. The normalized spacial score (nSPS) is 12.9. The number of carbonyl (C=O) groups is 1. The average molecular weight is 335 g/mol. The average Bonchev–Trinajstić information content (AvgIpc) is 2.62. The minimum atomic E-state index is -0.120. The molecule has 0 atom stereocenters. The first-order chi connectivity index (χ1) is 12.1. The lowest BCUT2D eigenvalue weighted by Gasteiger charge is -2.30. The van der Waals surface area contributed by atoms with Gasteiger partial charge in [-0.1, -0.05) is 18.2 Å². The Hall–Kier alpha value is -3.07. The van der Waals surface area contributed by atoms with E-state index < -0.39 is 0 Å². The van der Waals surface area contributed by atoms with Gasteiger partial charge in [0.2, 0.25) is 0 Å². The van der Waals surface area contributed by atoms with E-state index in [0.29, 0.717) is 19.5 Å². The van der Waals surface area contributed by atoms with Crippen LogP contribution in [0.1, 0.15) is 16.7 Å². The number of carbonyl (C=O) groups excluding carboxylic acids is 1. The maximum absolute atomic E-state index is 12.7. The van der Waals surface area contributed by atoms with E-state index in [0.717, 1.165) is 28.9 Å². The third-order valence-corrected chi connectivity index (χ3v) is 4.44. The van der Waals surface area contributed by atoms with E-state index in [4.69, 9.17) is 5.26 Å². The van der Waals surface area contributed by atoms with Crippen LogP contribution in [0.25, 0.3) is 0 Å². The quantitative estimate of drug-likeness (QED) is 0.936. The van der Waals surface area contributed by atoms with Crippen molar-refractivity contribution in [1.29, 1.82) is 5.26 Å². The maximum atomic E-state index is 12.7. The standard InChI is InChI=1S/C19H21N5O/c1-23(2)18-12-21-10-7-17(18)22-19(25)24-11-8-16-14(6-9-20)4-3-5-15(16)13-24/h3-5,7,10,12H,6,8,11,13H2,1-2H3,(H,21,22,25). The van der Waals surface area contributed by atoms with Crippen molar-refractivity contribution in [3.05, 3.63) is 53.3 Å². The van der Waals surface area contributed by atoms with Crippen LogP contribution in [0.4, 0.5) is 16.2 Å². The molecular weight excluding hydrogens is 314 g/mol. The zero-order valence-corrected chi connectivity index (χ0v) is 14.5. The van der Waals surface area contributed by atoms with Crippen molar-refractivity contribution in [3.8, 4) is 6.07 Å². The summed E-state index contributed by atoms with van der Waals surface area (Å²) in [5.41, 5.74) is 5.02. The Morgan fingerprint density at radius 3 is 3.00 bits per heavy atom. The zero-order valence-electron chi connectivity index (χ0n) is 14.5. The molecule has 1 aliphatic heterocycles. The molecule has 0 spiro atoms. The van der Waals surface area contributed by atoms with Gasteiger partial charge in [-0.2, -0.15) is 5.26 Å². The number of nitriles is 1. The molecule has 6 heteroatoms. The van der Waals surface area contributed by atoms with E-state index in [1.54, 1.807) is 23.4 Å². The van der Waals surface area contributed by atoms with Crippen molar-refractivity contribution in [2.24, 2.45) is 0 Å². The third-order valence-electron chi connectivity index (χ3n) is 4.44. The Labute approximate surface area is 147 Å². The molecule has 1 aromatic carbocycles. The predicted molar refractivity (Wildman–Crippen MR) is 97.5 cm³/mol. The lowest BCUT2D eigenvalue weighted by molar-refractivity contribution is 0.206. The van der Waals surface area contributed by atoms with Crippen LogP contribution >= 0.6 is 0 Å². The van der Waals surface area contributed by atoms with Gasteiger partial charge in [0.15, 0.2) is 0 Å². The Morgan fingerprint density at radius 1 is 1.40 bits per heavy atom. The number of aromatic nitrogens is 1. The van der Waals surface area contributed by atoms with Crippen molar-refractivity contribution >= 4 is 17.4 Å². The van der Waals surface area contributed by atoms with Gasteiger partial charge >= 0.3 is 6.03 Å². The molecule has 0 radical (unpaired) electrons. The highest BCUT2D eigenvalue weighted by Crippen LogP contribution is 2.26. The summed E-state index contributed by atoms with van der Waals surface area (Å²) in [6.45, 7) is 1.20. The van der Waals surface area contributed by atoms with Gasteiger partial charge in [-0.05, 0) is 29.2 Å². The molecule has 25 heavy (non-hydrogen) atoms. The molecule has 0 saturated carbocycles. The fourth-order valence-electron chi connectivity index (χ4n) is 3.16. The molecule has 1 N–H and O–H groups in total. The summed E-state index contributed by atoms with van der Waals surface area (Å²) in [4.78, 5) is 20.5. The van der Waals surface area contributed by atoms with E-state index in [-0.39, 0.29) is 6.03 Å². The Bertz CT molecular complexity index is 825. The first-order valence-corrected chi connectivity index (χ1v) is 8.24. The molecule has 2 heterocycles. The highest BCUT2D eigenvalue weighted by molar-refractivity contribution is 5.93. The molecule has 0 saturated heterocycles. The fraction of sp³-hybridized carbons (Fsp3) is 0.316. The maximum Gasteiger partial charge on any atom is 0.322 e. The van der Waals surface area contributed by atoms with Crippen LogP contribution in [0.15, 0.2) is 36.7 Å². The summed E-state index contributed by atoms with van der Waals surface area (Å²) in [5.74, 6) is 0. The minimum absolute atomic E-state index is 0.120. The highest BCUT2D eigenvalue weighted by atomic mass is 16.2. The number of benzene rings is 1. The van der Waals surface area contributed by atoms with Gasteiger partial charge in [-0.15, -0.1) is 0 Å². The summed E-state index contributed by atoms with van der Waals surface area (Å²) >= 11 is 0. The lowest BCUT2D eigenvalue weighted by atomic mass is 9.93. The van der Waals surface area contributed by atoms with Crippen molar-refractivity contribution in [3.63, 3.8) is 0 Å². The zero-order chi connectivity index (χ0) is 17.8. The van der Waals surface area contributed by atoms with Gasteiger partial charge in [0.25, 0.3) is 0 Å². The summed E-state index contributed by atoms with van der Waals surface area (Å²) in [7, 11) is 3.83. The number of nitrogens with one attached hydrogen (secondary N) is 1. The highest BCUT2D eigenvalue weighted by Gasteiger charge is 2.23. The monoisotopic (exact) mass is 335 g/mol. The lowest BCUT2D eigenvalue weighted by Crippen LogP contribution is -2.39. The molecule has 0 bridgehead atoms. The SMILES string of the molecule is CN(C)c1cnccc1NC(=O)N1CCc2c(CC#N)cccc2C1. The Balaban J connectivity index is 1.76. The number of amides is 2. The Morgan fingerprint density at radius 2 is 2.24 bits per heavy atom. The number of nitrogens with zero attached hydrogens (tertiary/aromatic N) is 4. The van der Waals surface area contributed by atoms with Crippen LogP contribution in [0.3, 0.4) is 0 Å². The predicted octanol–water partition coefficient (Wildman–Crippen LogP) is 2.80. The Kier molecular flexibility index (Phi) is 4.85. The van der Waals surface area contributed by atoms with Gasteiger partial charge in [0.1, 0.15) is 0 Å². The molecule has 3 rings (SSSR count). The second-order valence-electron chi connectivity index (χ2n) is 6.28. The summed E-state index contributed by atoms with van der Waals surface area (Å²) in [6.07, 6.45) is 4.59. The number of hydrogen-bond acceptors (Lipinski definition) is 4. The van der Waals surface area contributed by atoms with Crippen molar-refractivity contribution in [2.45, 2.75) is 19.4 Å². The van der Waals surface area contributed by atoms with E-state index in [2.05, 4.69) is 16.4 Å². The first kappa shape index (κ1) is 16.8. The smallest absolute Gasteiger partial charge is 0.322 e. The number of anilines is 2. The molecule has 0 fully saturated rings. The van der Waals surface area contributed by atoms with Crippen LogP contribution in [0, 0.1) is 11.3 Å². The summed E-state index contributed by atoms with van der Waals surface area (Å²) < 4.78 is 0. The first-order valence-electron chi connectivity index (χ1n) is 8.24. The van der Waals surface area contributed by atoms with E-state index in [9.17, 15) is 4.79 Å². The number of fused-ring (bicyclic) bond motifs is 1. The van der Waals surface area contributed by atoms with Crippen LogP contribution in [0.2, 0.25) is 0 Å². The molecule has 2 aromatic rings. The van der Waals surface area contributed by atoms with Gasteiger partial charge < -0.3 is 15.1 Å². The minimum Gasteiger partial charge on any atom is -0.375 e. The molecule has 1 aromatic heterocycles. The second-order valence-corrected chi connectivity index (χ2v) is 6.28.